The average Bonchev–Trinajstić information content (AvgIpc) is 2.99. The highest BCUT2D eigenvalue weighted by molar-refractivity contribution is 7.88. The number of hydrogen-bond acceptors (Lipinski definition) is 5. The van der Waals surface area contributed by atoms with Gasteiger partial charge in [-0.25, -0.2) is 13.1 Å². The van der Waals surface area contributed by atoms with Crippen molar-refractivity contribution in [1.82, 2.24) is 19.2 Å². The minimum Gasteiger partial charge on any atom is -0.341 e. The molecule has 3 rings (SSSR count). The van der Waals surface area contributed by atoms with E-state index in [1.807, 2.05) is 0 Å². The second-order valence-electron chi connectivity index (χ2n) is 6.46. The Kier molecular flexibility index (Phi) is 4.73. The number of carbonyl (C=O) groups excluding carboxylic acids is 1. The van der Waals surface area contributed by atoms with E-state index in [1.165, 1.54) is 0 Å². The van der Waals surface area contributed by atoms with Crippen molar-refractivity contribution in [1.29, 1.82) is 0 Å². The molecular weight excluding hydrogens is 332 g/mol. The van der Waals surface area contributed by atoms with E-state index in [0.717, 1.165) is 50.0 Å². The van der Waals surface area contributed by atoms with Crippen molar-refractivity contribution in [2.45, 2.75) is 38.1 Å². The summed E-state index contributed by atoms with van der Waals surface area (Å²) in [7, 11) is -3.39. The third-order valence-electron chi connectivity index (χ3n) is 4.59. The molecule has 0 aromatic carbocycles. The van der Waals surface area contributed by atoms with Crippen LogP contribution in [0.4, 0.5) is 0 Å². The fourth-order valence-electron chi connectivity index (χ4n) is 3.51. The zero-order valence-electron chi connectivity index (χ0n) is 13.7. The number of amides is 1. The van der Waals surface area contributed by atoms with Crippen molar-refractivity contribution in [3.05, 3.63) is 27.9 Å². The minimum atomic E-state index is -3.39. The lowest BCUT2D eigenvalue weighted by Crippen LogP contribution is -2.44. The van der Waals surface area contributed by atoms with Gasteiger partial charge in [-0.2, -0.15) is 4.98 Å². The highest BCUT2D eigenvalue weighted by Gasteiger charge is 2.28. The number of rotatable bonds is 4. The van der Waals surface area contributed by atoms with E-state index in [2.05, 4.69) is 14.3 Å². The number of nitrogens with zero attached hydrogens (tertiary/aromatic N) is 3. The van der Waals surface area contributed by atoms with E-state index >= 15 is 0 Å². The molecule has 8 nitrogen and oxygen atoms in total. The van der Waals surface area contributed by atoms with Gasteiger partial charge < -0.3 is 9.47 Å². The van der Waals surface area contributed by atoms with Crippen molar-refractivity contribution in [3.63, 3.8) is 0 Å². The quantitative estimate of drug-likeness (QED) is 0.781. The molecule has 0 radical (unpaired) electrons. The molecule has 0 saturated carbocycles. The molecule has 1 amide bonds. The minimum absolute atomic E-state index is 0.0912. The Bertz CT molecular complexity index is 802. The number of likely N-dealkylation sites (tertiary alicyclic amines) is 1. The van der Waals surface area contributed by atoms with Crippen molar-refractivity contribution < 1.29 is 13.2 Å². The zero-order valence-corrected chi connectivity index (χ0v) is 14.5. The van der Waals surface area contributed by atoms with Gasteiger partial charge in [0.25, 0.3) is 5.56 Å². The predicted molar refractivity (Wildman–Crippen MR) is 88.2 cm³/mol. The van der Waals surface area contributed by atoms with Gasteiger partial charge in [0, 0.05) is 43.7 Å². The van der Waals surface area contributed by atoms with Crippen LogP contribution >= 0.6 is 0 Å². The number of sulfonamides is 1. The van der Waals surface area contributed by atoms with E-state index in [9.17, 15) is 18.0 Å². The predicted octanol–water partition coefficient (Wildman–Crippen LogP) is -0.555. The van der Waals surface area contributed by atoms with Gasteiger partial charge in [-0.15, -0.1) is 0 Å². The summed E-state index contributed by atoms with van der Waals surface area (Å²) in [5.74, 6) is 0.691. The Labute approximate surface area is 140 Å². The molecular formula is C15H22N4O4S. The Balaban J connectivity index is 1.75. The first-order valence-electron chi connectivity index (χ1n) is 8.16. The number of hydrogen-bond donors (Lipinski definition) is 1. The molecule has 3 heterocycles. The third-order valence-corrected chi connectivity index (χ3v) is 5.26. The van der Waals surface area contributed by atoms with Crippen LogP contribution in [0, 0.1) is 0 Å². The number of aromatic nitrogens is 2. The molecule has 24 heavy (non-hydrogen) atoms. The molecule has 0 spiro atoms. The standard InChI is InChI=1S/C15H22N4O4S/c1-24(22,23)16-9-15(21)18-6-2-4-11(10-18)12-8-14(20)17-13-5-3-7-19(12)13/h8,11,16H,2-7,9-10H2,1H3. The lowest BCUT2D eigenvalue weighted by molar-refractivity contribution is -0.131. The van der Waals surface area contributed by atoms with Crippen LogP contribution < -0.4 is 10.3 Å². The summed E-state index contributed by atoms with van der Waals surface area (Å²) in [6.07, 6.45) is 4.58. The molecule has 2 aliphatic heterocycles. The number of carbonyl (C=O) groups is 1. The van der Waals surface area contributed by atoms with Gasteiger partial charge in [0.1, 0.15) is 5.82 Å². The molecule has 9 heteroatoms. The Morgan fingerprint density at radius 3 is 2.92 bits per heavy atom. The zero-order chi connectivity index (χ0) is 17.3. The second-order valence-corrected chi connectivity index (χ2v) is 8.30. The van der Waals surface area contributed by atoms with Gasteiger partial charge >= 0.3 is 0 Å². The van der Waals surface area contributed by atoms with Crippen LogP contribution in [0.1, 0.15) is 36.7 Å². The number of fused-ring (bicyclic) bond motifs is 1. The fraction of sp³-hybridized carbons (Fsp3) is 0.667. The number of nitrogens with one attached hydrogen (secondary N) is 1. The van der Waals surface area contributed by atoms with E-state index < -0.39 is 10.0 Å². The number of piperidine rings is 1. The average molecular weight is 354 g/mol. The van der Waals surface area contributed by atoms with E-state index in [0.29, 0.717) is 13.1 Å². The summed E-state index contributed by atoms with van der Waals surface area (Å²) in [4.78, 5) is 29.8. The SMILES string of the molecule is CS(=O)(=O)NCC(=O)N1CCCC(c2cc(=O)nc3n2CCC3)C1. The molecule has 1 fully saturated rings. The van der Waals surface area contributed by atoms with Gasteiger partial charge in [0.15, 0.2) is 0 Å². The van der Waals surface area contributed by atoms with Gasteiger partial charge in [0.05, 0.1) is 12.8 Å². The van der Waals surface area contributed by atoms with Crippen molar-refractivity contribution in [2.75, 3.05) is 25.9 Å². The van der Waals surface area contributed by atoms with Gasteiger partial charge in [-0.3, -0.25) is 9.59 Å². The fourth-order valence-corrected chi connectivity index (χ4v) is 3.89. The van der Waals surface area contributed by atoms with Crippen molar-refractivity contribution >= 4 is 15.9 Å². The summed E-state index contributed by atoms with van der Waals surface area (Å²) < 4.78 is 26.6. The summed E-state index contributed by atoms with van der Waals surface area (Å²) in [5, 5.41) is 0. The lowest BCUT2D eigenvalue weighted by atomic mass is 9.94. The molecule has 132 valence electrons. The highest BCUT2D eigenvalue weighted by atomic mass is 32.2. The Morgan fingerprint density at radius 1 is 1.38 bits per heavy atom. The van der Waals surface area contributed by atoms with Crippen LogP contribution in [0.5, 0.6) is 0 Å². The van der Waals surface area contributed by atoms with Crippen LogP contribution in [-0.4, -0.2) is 54.7 Å². The van der Waals surface area contributed by atoms with Gasteiger partial charge in [-0.1, -0.05) is 0 Å². The first-order valence-corrected chi connectivity index (χ1v) is 10.1. The summed E-state index contributed by atoms with van der Waals surface area (Å²) in [6, 6.07) is 1.59. The Hall–Kier alpha value is -1.74. The van der Waals surface area contributed by atoms with Crippen molar-refractivity contribution in [2.24, 2.45) is 0 Å². The first kappa shape index (κ1) is 17.1. The molecule has 2 aliphatic rings. The van der Waals surface area contributed by atoms with Crippen molar-refractivity contribution in [3.8, 4) is 0 Å². The molecule has 1 atom stereocenters. The van der Waals surface area contributed by atoms with Crippen LogP contribution in [0.3, 0.4) is 0 Å². The number of aryl methyl sites for hydroxylation is 1. The maximum Gasteiger partial charge on any atom is 0.273 e. The monoisotopic (exact) mass is 354 g/mol. The van der Waals surface area contributed by atoms with Crippen LogP contribution in [0.15, 0.2) is 10.9 Å². The summed E-state index contributed by atoms with van der Waals surface area (Å²) in [6.45, 7) is 1.76. The largest absolute Gasteiger partial charge is 0.341 e. The van der Waals surface area contributed by atoms with E-state index in [1.54, 1.807) is 11.0 Å². The third kappa shape index (κ3) is 3.84. The summed E-state index contributed by atoms with van der Waals surface area (Å²) in [5.41, 5.74) is 0.733. The van der Waals surface area contributed by atoms with Crippen LogP contribution in [0.2, 0.25) is 0 Å². The molecule has 1 aromatic rings. The normalized spacial score (nSPS) is 20.9. The summed E-state index contributed by atoms with van der Waals surface area (Å²) >= 11 is 0. The first-order chi connectivity index (χ1) is 11.3. The highest BCUT2D eigenvalue weighted by Crippen LogP contribution is 2.28. The lowest BCUT2D eigenvalue weighted by Gasteiger charge is -2.34. The van der Waals surface area contributed by atoms with Crippen LogP contribution in [0.25, 0.3) is 0 Å². The Morgan fingerprint density at radius 2 is 2.17 bits per heavy atom. The van der Waals surface area contributed by atoms with Gasteiger partial charge in [0.2, 0.25) is 15.9 Å². The van der Waals surface area contributed by atoms with E-state index in [4.69, 9.17) is 0 Å². The smallest absolute Gasteiger partial charge is 0.273 e. The molecule has 1 saturated heterocycles. The van der Waals surface area contributed by atoms with E-state index in [-0.39, 0.29) is 23.9 Å². The molecule has 1 aromatic heterocycles. The maximum absolute atomic E-state index is 12.2. The molecule has 1 N–H and O–H groups in total. The van der Waals surface area contributed by atoms with Crippen LogP contribution in [-0.2, 0) is 27.8 Å². The molecule has 0 aliphatic carbocycles. The topological polar surface area (TPSA) is 101 Å². The molecule has 1 unspecified atom stereocenters. The molecule has 0 bridgehead atoms. The second kappa shape index (κ2) is 6.64. The van der Waals surface area contributed by atoms with Gasteiger partial charge in [-0.05, 0) is 19.3 Å². The maximum atomic E-state index is 12.2.